The number of anilines is 1. The SMILES string of the molecule is CNC(C)c1cc(OC)c(N)cc1Cl. The summed E-state index contributed by atoms with van der Waals surface area (Å²) in [4.78, 5) is 0. The highest BCUT2D eigenvalue weighted by Gasteiger charge is 2.11. The van der Waals surface area contributed by atoms with Gasteiger partial charge in [0.15, 0.2) is 0 Å². The van der Waals surface area contributed by atoms with Crippen molar-refractivity contribution in [3.63, 3.8) is 0 Å². The summed E-state index contributed by atoms with van der Waals surface area (Å²) >= 11 is 6.06. The molecule has 0 radical (unpaired) electrons. The highest BCUT2D eigenvalue weighted by atomic mass is 35.5. The number of nitrogen functional groups attached to an aromatic ring is 1. The van der Waals surface area contributed by atoms with Gasteiger partial charge in [-0.25, -0.2) is 0 Å². The fourth-order valence-corrected chi connectivity index (χ4v) is 1.58. The number of benzene rings is 1. The standard InChI is InChI=1S/C10H15ClN2O/c1-6(13-2)7-4-10(14-3)9(12)5-8(7)11/h4-6,13H,12H2,1-3H3. The first-order valence-electron chi connectivity index (χ1n) is 4.40. The second-order valence-electron chi connectivity index (χ2n) is 3.13. The van der Waals surface area contributed by atoms with E-state index in [0.717, 1.165) is 5.56 Å². The normalized spacial score (nSPS) is 12.6. The van der Waals surface area contributed by atoms with Gasteiger partial charge in [-0.15, -0.1) is 0 Å². The molecule has 1 unspecified atom stereocenters. The number of ether oxygens (including phenoxy) is 1. The van der Waals surface area contributed by atoms with Crippen LogP contribution in [0.2, 0.25) is 5.02 Å². The lowest BCUT2D eigenvalue weighted by molar-refractivity contribution is 0.416. The minimum Gasteiger partial charge on any atom is -0.495 e. The summed E-state index contributed by atoms with van der Waals surface area (Å²) < 4.78 is 5.12. The van der Waals surface area contributed by atoms with Crippen LogP contribution in [0.25, 0.3) is 0 Å². The maximum Gasteiger partial charge on any atom is 0.142 e. The first-order valence-corrected chi connectivity index (χ1v) is 4.78. The van der Waals surface area contributed by atoms with Gasteiger partial charge in [-0.05, 0) is 31.7 Å². The van der Waals surface area contributed by atoms with Crippen LogP contribution in [0.1, 0.15) is 18.5 Å². The molecule has 78 valence electrons. The summed E-state index contributed by atoms with van der Waals surface area (Å²) in [6, 6.07) is 3.75. The molecule has 0 bridgehead atoms. The summed E-state index contributed by atoms with van der Waals surface area (Å²) in [7, 11) is 3.47. The highest BCUT2D eigenvalue weighted by Crippen LogP contribution is 2.32. The Bertz CT molecular complexity index is 328. The van der Waals surface area contributed by atoms with E-state index in [0.29, 0.717) is 16.5 Å². The number of hydrogen-bond donors (Lipinski definition) is 2. The van der Waals surface area contributed by atoms with E-state index in [-0.39, 0.29) is 6.04 Å². The van der Waals surface area contributed by atoms with Crippen molar-refractivity contribution >= 4 is 17.3 Å². The van der Waals surface area contributed by atoms with Crippen LogP contribution in [0.4, 0.5) is 5.69 Å². The summed E-state index contributed by atoms with van der Waals surface area (Å²) in [5.74, 6) is 0.659. The third-order valence-corrected chi connectivity index (χ3v) is 2.58. The molecule has 0 saturated heterocycles. The zero-order chi connectivity index (χ0) is 10.7. The predicted octanol–water partition coefficient (Wildman–Crippen LogP) is 2.21. The third kappa shape index (κ3) is 2.11. The van der Waals surface area contributed by atoms with Crippen LogP contribution in [-0.2, 0) is 0 Å². The van der Waals surface area contributed by atoms with Gasteiger partial charge >= 0.3 is 0 Å². The summed E-state index contributed by atoms with van der Waals surface area (Å²) in [5, 5.41) is 3.77. The van der Waals surface area contributed by atoms with Gasteiger partial charge in [0.25, 0.3) is 0 Å². The zero-order valence-electron chi connectivity index (χ0n) is 8.60. The van der Waals surface area contributed by atoms with E-state index < -0.39 is 0 Å². The fourth-order valence-electron chi connectivity index (χ4n) is 1.25. The van der Waals surface area contributed by atoms with Crippen LogP contribution in [0, 0.1) is 0 Å². The molecule has 0 fully saturated rings. The molecular weight excluding hydrogens is 200 g/mol. The van der Waals surface area contributed by atoms with Crippen LogP contribution >= 0.6 is 11.6 Å². The van der Waals surface area contributed by atoms with Gasteiger partial charge in [-0.2, -0.15) is 0 Å². The number of rotatable bonds is 3. The van der Waals surface area contributed by atoms with E-state index in [2.05, 4.69) is 5.32 Å². The molecule has 3 nitrogen and oxygen atoms in total. The van der Waals surface area contributed by atoms with E-state index in [9.17, 15) is 0 Å². The van der Waals surface area contributed by atoms with Crippen molar-refractivity contribution in [1.82, 2.24) is 5.32 Å². The smallest absolute Gasteiger partial charge is 0.142 e. The van der Waals surface area contributed by atoms with Gasteiger partial charge in [0.2, 0.25) is 0 Å². The summed E-state index contributed by atoms with van der Waals surface area (Å²) in [6.07, 6.45) is 0. The van der Waals surface area contributed by atoms with Crippen LogP contribution in [0.15, 0.2) is 12.1 Å². The minimum atomic E-state index is 0.178. The van der Waals surface area contributed by atoms with Crippen LogP contribution in [-0.4, -0.2) is 14.2 Å². The molecule has 4 heteroatoms. The number of hydrogen-bond acceptors (Lipinski definition) is 3. The molecule has 0 aliphatic heterocycles. The van der Waals surface area contributed by atoms with Gasteiger partial charge in [-0.1, -0.05) is 11.6 Å². The average molecular weight is 215 g/mol. The minimum absolute atomic E-state index is 0.178. The van der Waals surface area contributed by atoms with E-state index in [1.807, 2.05) is 20.0 Å². The highest BCUT2D eigenvalue weighted by molar-refractivity contribution is 6.31. The molecule has 0 aliphatic carbocycles. The molecule has 1 atom stereocenters. The van der Waals surface area contributed by atoms with Crippen molar-refractivity contribution in [3.8, 4) is 5.75 Å². The maximum absolute atomic E-state index is 6.06. The Hall–Kier alpha value is -0.930. The summed E-state index contributed by atoms with van der Waals surface area (Å²) in [6.45, 7) is 2.02. The first kappa shape index (κ1) is 11.1. The number of halogens is 1. The van der Waals surface area contributed by atoms with Gasteiger partial charge in [0.05, 0.1) is 12.8 Å². The Morgan fingerprint density at radius 2 is 2.14 bits per heavy atom. The molecule has 0 aliphatic rings. The van der Waals surface area contributed by atoms with Crippen LogP contribution in [0.3, 0.4) is 0 Å². The topological polar surface area (TPSA) is 47.3 Å². The molecule has 3 N–H and O–H groups in total. The summed E-state index contributed by atoms with van der Waals surface area (Å²) in [5.41, 5.74) is 7.26. The Kier molecular flexibility index (Phi) is 3.61. The van der Waals surface area contributed by atoms with Crippen molar-refractivity contribution in [2.45, 2.75) is 13.0 Å². The van der Waals surface area contributed by atoms with Crippen molar-refractivity contribution in [2.24, 2.45) is 0 Å². The second kappa shape index (κ2) is 4.53. The van der Waals surface area contributed by atoms with Crippen molar-refractivity contribution in [3.05, 3.63) is 22.7 Å². The molecule has 1 rings (SSSR count). The molecule has 14 heavy (non-hydrogen) atoms. The zero-order valence-corrected chi connectivity index (χ0v) is 9.35. The molecule has 0 saturated carbocycles. The van der Waals surface area contributed by atoms with E-state index in [1.165, 1.54) is 0 Å². The second-order valence-corrected chi connectivity index (χ2v) is 3.53. The molecular formula is C10H15ClN2O. The van der Waals surface area contributed by atoms with Crippen molar-refractivity contribution in [1.29, 1.82) is 0 Å². The van der Waals surface area contributed by atoms with Crippen molar-refractivity contribution < 1.29 is 4.74 Å². The predicted molar refractivity (Wildman–Crippen MR) is 59.9 cm³/mol. The third-order valence-electron chi connectivity index (χ3n) is 2.25. The number of nitrogens with one attached hydrogen (secondary N) is 1. The Morgan fingerprint density at radius 3 is 2.64 bits per heavy atom. The molecule has 0 aromatic heterocycles. The van der Waals surface area contributed by atoms with Crippen molar-refractivity contribution in [2.75, 3.05) is 19.9 Å². The average Bonchev–Trinajstić information content (AvgIpc) is 2.17. The number of methoxy groups -OCH3 is 1. The Labute approximate surface area is 89.2 Å². The molecule has 1 aromatic rings. The lowest BCUT2D eigenvalue weighted by Gasteiger charge is -2.15. The number of nitrogens with two attached hydrogens (primary N) is 1. The Balaban J connectivity index is 3.17. The van der Waals surface area contributed by atoms with E-state index in [4.69, 9.17) is 22.1 Å². The molecule has 0 amide bonds. The van der Waals surface area contributed by atoms with Gasteiger partial charge < -0.3 is 15.8 Å². The first-order chi connectivity index (χ1) is 6.60. The maximum atomic E-state index is 6.06. The Morgan fingerprint density at radius 1 is 1.50 bits per heavy atom. The van der Waals surface area contributed by atoms with Gasteiger partial charge in [0.1, 0.15) is 5.75 Å². The lowest BCUT2D eigenvalue weighted by atomic mass is 10.1. The van der Waals surface area contributed by atoms with Crippen LogP contribution < -0.4 is 15.8 Å². The molecule has 1 aromatic carbocycles. The quantitative estimate of drug-likeness (QED) is 0.759. The fraction of sp³-hybridized carbons (Fsp3) is 0.400. The molecule has 0 heterocycles. The monoisotopic (exact) mass is 214 g/mol. The van der Waals surface area contributed by atoms with E-state index >= 15 is 0 Å². The van der Waals surface area contributed by atoms with Gasteiger partial charge in [0, 0.05) is 11.1 Å². The van der Waals surface area contributed by atoms with E-state index in [1.54, 1.807) is 13.2 Å². The molecule has 0 spiro atoms. The van der Waals surface area contributed by atoms with Crippen LogP contribution in [0.5, 0.6) is 5.75 Å². The lowest BCUT2D eigenvalue weighted by Crippen LogP contribution is -2.13. The van der Waals surface area contributed by atoms with Gasteiger partial charge in [-0.3, -0.25) is 0 Å². The largest absolute Gasteiger partial charge is 0.495 e.